The highest BCUT2D eigenvalue weighted by molar-refractivity contribution is 6.22. The first-order chi connectivity index (χ1) is 24.0. The molecule has 2 aliphatic carbocycles. The van der Waals surface area contributed by atoms with Gasteiger partial charge >= 0.3 is 29.8 Å². The molecule has 12 nitrogen and oxygen atoms in total. The SMILES string of the molecule is COC(=O)C1=C(O)C(C(=O)OC)[C@@]2(O)[C@@H](C(=O)OC)[C@@H](c3ccc(OC(=O)/C(=C/c4ccccc4)c4ccccc4)cc3)C[C@@H]1[C@@H]2C(=O)OC. The molecule has 0 heterocycles. The summed E-state index contributed by atoms with van der Waals surface area (Å²) in [6, 6.07) is 24.4. The predicted octanol–water partition coefficient (Wildman–Crippen LogP) is 4.03. The first kappa shape index (κ1) is 35.6. The second kappa shape index (κ2) is 14.8. The molecule has 0 radical (unpaired) electrons. The molecule has 5 rings (SSSR count). The maximum absolute atomic E-state index is 13.6. The summed E-state index contributed by atoms with van der Waals surface area (Å²) in [6.45, 7) is 0. The lowest BCUT2D eigenvalue weighted by Crippen LogP contribution is -2.68. The normalized spacial score (nSPS) is 24.4. The first-order valence-electron chi connectivity index (χ1n) is 15.6. The van der Waals surface area contributed by atoms with Gasteiger partial charge in [0.25, 0.3) is 0 Å². The first-order valence-corrected chi connectivity index (χ1v) is 15.6. The Morgan fingerprint density at radius 1 is 0.700 bits per heavy atom. The van der Waals surface area contributed by atoms with E-state index < -0.39 is 76.4 Å². The van der Waals surface area contributed by atoms with Crippen molar-refractivity contribution in [3.05, 3.63) is 113 Å². The molecule has 0 aromatic heterocycles. The fourth-order valence-electron chi connectivity index (χ4n) is 7.20. The molecule has 2 bridgehead atoms. The number of benzene rings is 3. The number of hydrogen-bond donors (Lipinski definition) is 2. The smallest absolute Gasteiger partial charge is 0.344 e. The van der Waals surface area contributed by atoms with Gasteiger partial charge in [0.2, 0.25) is 0 Å². The maximum Gasteiger partial charge on any atom is 0.344 e. The number of hydrogen-bond acceptors (Lipinski definition) is 12. The molecule has 1 fully saturated rings. The van der Waals surface area contributed by atoms with Crippen LogP contribution in [0.2, 0.25) is 0 Å². The van der Waals surface area contributed by atoms with Crippen LogP contribution in [0.15, 0.2) is 96.3 Å². The van der Waals surface area contributed by atoms with Crippen molar-refractivity contribution in [2.75, 3.05) is 28.4 Å². The van der Waals surface area contributed by atoms with Gasteiger partial charge in [-0.15, -0.1) is 0 Å². The van der Waals surface area contributed by atoms with Gasteiger partial charge in [-0.2, -0.15) is 0 Å². The van der Waals surface area contributed by atoms with Crippen LogP contribution < -0.4 is 4.74 Å². The molecule has 1 saturated carbocycles. The highest BCUT2D eigenvalue weighted by Gasteiger charge is 2.71. The Labute approximate surface area is 287 Å². The van der Waals surface area contributed by atoms with Gasteiger partial charge < -0.3 is 33.9 Å². The molecule has 260 valence electrons. The van der Waals surface area contributed by atoms with Gasteiger partial charge in [-0.1, -0.05) is 72.8 Å². The van der Waals surface area contributed by atoms with E-state index in [1.165, 1.54) is 12.1 Å². The summed E-state index contributed by atoms with van der Waals surface area (Å²) in [7, 11) is 4.16. The van der Waals surface area contributed by atoms with Crippen LogP contribution in [0.5, 0.6) is 5.75 Å². The Morgan fingerprint density at radius 3 is 1.78 bits per heavy atom. The molecule has 6 atom stereocenters. The van der Waals surface area contributed by atoms with Crippen LogP contribution in [-0.2, 0) is 42.9 Å². The quantitative estimate of drug-likeness (QED) is 0.109. The van der Waals surface area contributed by atoms with Crippen molar-refractivity contribution in [1.29, 1.82) is 0 Å². The van der Waals surface area contributed by atoms with Crippen LogP contribution in [0.1, 0.15) is 29.0 Å². The fraction of sp³-hybridized carbons (Fsp3) is 0.289. The number of ether oxygens (including phenoxy) is 5. The third kappa shape index (κ3) is 6.37. The van der Waals surface area contributed by atoms with Crippen molar-refractivity contribution in [3.63, 3.8) is 0 Å². The second-order valence-electron chi connectivity index (χ2n) is 11.9. The van der Waals surface area contributed by atoms with Gasteiger partial charge in [-0.05, 0) is 41.3 Å². The van der Waals surface area contributed by atoms with E-state index in [1.54, 1.807) is 42.5 Å². The Balaban J connectivity index is 1.57. The molecule has 50 heavy (non-hydrogen) atoms. The zero-order chi connectivity index (χ0) is 36.2. The number of methoxy groups -OCH3 is 4. The predicted molar refractivity (Wildman–Crippen MR) is 177 cm³/mol. The summed E-state index contributed by atoms with van der Waals surface area (Å²) in [5.74, 6) is -13.3. The van der Waals surface area contributed by atoms with Gasteiger partial charge in [-0.25, -0.2) is 9.59 Å². The summed E-state index contributed by atoms with van der Waals surface area (Å²) in [6.07, 6.45) is 1.55. The molecular weight excluding hydrogens is 648 g/mol. The monoisotopic (exact) mass is 684 g/mol. The topological polar surface area (TPSA) is 172 Å². The third-order valence-electron chi connectivity index (χ3n) is 9.38. The maximum atomic E-state index is 13.6. The third-order valence-corrected chi connectivity index (χ3v) is 9.38. The highest BCUT2D eigenvalue weighted by atomic mass is 16.5. The number of aliphatic hydroxyl groups is 2. The Kier molecular flexibility index (Phi) is 10.5. The van der Waals surface area contributed by atoms with Crippen LogP contribution in [0.4, 0.5) is 0 Å². The average Bonchev–Trinajstić information content (AvgIpc) is 3.13. The highest BCUT2D eigenvalue weighted by Crippen LogP contribution is 2.60. The van der Waals surface area contributed by atoms with Crippen molar-refractivity contribution < 1.29 is 57.9 Å². The summed E-state index contributed by atoms with van der Waals surface area (Å²) in [5, 5.41) is 23.8. The van der Waals surface area contributed by atoms with Crippen LogP contribution in [-0.4, -0.2) is 74.1 Å². The van der Waals surface area contributed by atoms with Gasteiger partial charge in [0.1, 0.15) is 23.0 Å². The molecule has 12 heteroatoms. The van der Waals surface area contributed by atoms with E-state index in [1.807, 2.05) is 36.4 Å². The van der Waals surface area contributed by atoms with Crippen molar-refractivity contribution in [2.45, 2.75) is 17.9 Å². The minimum Gasteiger partial charge on any atom is -0.511 e. The molecule has 2 N–H and O–H groups in total. The largest absolute Gasteiger partial charge is 0.511 e. The minimum absolute atomic E-state index is 0.158. The molecule has 2 aliphatic rings. The summed E-state index contributed by atoms with van der Waals surface area (Å²) >= 11 is 0. The summed E-state index contributed by atoms with van der Waals surface area (Å²) in [4.78, 5) is 66.7. The molecule has 0 spiro atoms. The standard InChI is InChI=1S/C38H36O12/c1-46-34(41)28-27-20-25(29(35(42)47-2)38(45,30(27)36(43)48-3)31(32(28)39)37(44)49-4)23-15-17-24(18-16-23)50-33(40)26(22-13-9-6-10-14-22)19-21-11-7-5-8-12-21/h5-19,25,27,29-31,39,45H,20H2,1-4H3/b26-19+/t25-,27+,29-,30-,31?,38-/m1/s1. The average molecular weight is 685 g/mol. The number of carbonyl (C=O) groups is 5. The van der Waals surface area contributed by atoms with Gasteiger partial charge in [0.15, 0.2) is 0 Å². The summed E-state index contributed by atoms with van der Waals surface area (Å²) in [5.41, 5.74) is -0.974. The van der Waals surface area contributed by atoms with E-state index in [4.69, 9.17) is 23.7 Å². The number of fused-ring (bicyclic) bond motifs is 2. The van der Waals surface area contributed by atoms with E-state index in [0.29, 0.717) is 16.7 Å². The van der Waals surface area contributed by atoms with Crippen molar-refractivity contribution >= 4 is 41.5 Å². The van der Waals surface area contributed by atoms with E-state index >= 15 is 0 Å². The lowest BCUT2D eigenvalue weighted by atomic mass is 9.49. The number of aliphatic hydroxyl groups excluding tert-OH is 1. The number of rotatable bonds is 9. The zero-order valence-electron chi connectivity index (χ0n) is 27.7. The van der Waals surface area contributed by atoms with E-state index in [9.17, 15) is 34.2 Å². The Morgan fingerprint density at radius 2 is 1.24 bits per heavy atom. The molecule has 1 unspecified atom stereocenters. The molecule has 0 aliphatic heterocycles. The lowest BCUT2D eigenvalue weighted by Gasteiger charge is -2.55. The van der Waals surface area contributed by atoms with Crippen LogP contribution >= 0.6 is 0 Å². The summed E-state index contributed by atoms with van der Waals surface area (Å²) < 4.78 is 25.6. The van der Waals surface area contributed by atoms with Crippen molar-refractivity contribution in [2.24, 2.45) is 23.7 Å². The van der Waals surface area contributed by atoms with Gasteiger partial charge in [0.05, 0.1) is 51.4 Å². The van der Waals surface area contributed by atoms with Crippen LogP contribution in [0, 0.1) is 23.7 Å². The molecule has 3 aromatic carbocycles. The van der Waals surface area contributed by atoms with E-state index in [2.05, 4.69) is 0 Å². The van der Waals surface area contributed by atoms with Crippen LogP contribution in [0.25, 0.3) is 11.6 Å². The van der Waals surface area contributed by atoms with Gasteiger partial charge in [-0.3, -0.25) is 14.4 Å². The van der Waals surface area contributed by atoms with Gasteiger partial charge in [0, 0.05) is 11.8 Å². The lowest BCUT2D eigenvalue weighted by molar-refractivity contribution is -0.208. The fourth-order valence-corrected chi connectivity index (χ4v) is 7.20. The molecule has 0 amide bonds. The zero-order valence-corrected chi connectivity index (χ0v) is 27.7. The molecule has 3 aromatic rings. The van der Waals surface area contributed by atoms with Crippen molar-refractivity contribution in [1.82, 2.24) is 0 Å². The van der Waals surface area contributed by atoms with Crippen molar-refractivity contribution in [3.8, 4) is 5.75 Å². The minimum atomic E-state index is -2.68. The van der Waals surface area contributed by atoms with E-state index in [-0.39, 0.29) is 12.2 Å². The van der Waals surface area contributed by atoms with Crippen LogP contribution in [0.3, 0.4) is 0 Å². The van der Waals surface area contributed by atoms with E-state index in [0.717, 1.165) is 34.0 Å². The Hall–Kier alpha value is -5.75. The Bertz CT molecular complexity index is 1830. The number of carbonyl (C=O) groups excluding carboxylic acids is 5. The second-order valence-corrected chi connectivity index (χ2v) is 11.9. The molecular formula is C38H36O12. The molecule has 0 saturated heterocycles. The number of esters is 5.